The number of carbonyl (C=O) groups excluding carboxylic acids is 2. The average molecular weight is 375 g/mol. The van der Waals surface area contributed by atoms with Gasteiger partial charge in [0, 0.05) is 12.5 Å². The van der Waals surface area contributed by atoms with E-state index in [1.807, 2.05) is 37.3 Å². The van der Waals surface area contributed by atoms with E-state index in [9.17, 15) is 9.59 Å². The zero-order chi connectivity index (χ0) is 19.5. The highest BCUT2D eigenvalue weighted by Gasteiger charge is 2.41. The van der Waals surface area contributed by atoms with Crippen LogP contribution in [-0.2, 0) is 22.4 Å². The summed E-state index contributed by atoms with van der Waals surface area (Å²) in [5.74, 6) is -1.54. The standard InChI is InChI=1S/C23H25N3O2/c1-15(18-12-11-16-7-5-6-10-19(16)13-18)25-26-23(28)21-20(14-24-22(21)27)17-8-3-2-4-9-17/h2-4,8-9,11-13,20-21H,5-7,10,14H2,1H3,(H,24,27)(H,26,28)/b25-15+/t20-,21-/m0/s1. The minimum atomic E-state index is -0.762. The summed E-state index contributed by atoms with van der Waals surface area (Å²) in [5.41, 5.74) is 8.16. The van der Waals surface area contributed by atoms with Crippen molar-refractivity contribution in [2.24, 2.45) is 11.0 Å². The number of rotatable bonds is 4. The number of amides is 2. The molecule has 2 atom stereocenters. The fraction of sp³-hybridized carbons (Fsp3) is 0.348. The Labute approximate surface area is 165 Å². The molecule has 0 spiro atoms. The van der Waals surface area contributed by atoms with E-state index in [1.165, 1.54) is 24.0 Å². The van der Waals surface area contributed by atoms with Crippen molar-refractivity contribution in [2.45, 2.75) is 38.5 Å². The fourth-order valence-corrected chi connectivity index (χ4v) is 4.16. The Morgan fingerprint density at radius 2 is 1.82 bits per heavy atom. The molecule has 0 unspecified atom stereocenters. The number of benzene rings is 2. The van der Waals surface area contributed by atoms with Gasteiger partial charge >= 0.3 is 0 Å². The van der Waals surface area contributed by atoms with Crippen molar-refractivity contribution in [3.05, 3.63) is 70.8 Å². The average Bonchev–Trinajstić information content (AvgIpc) is 3.13. The first kappa shape index (κ1) is 18.4. The first-order valence-electron chi connectivity index (χ1n) is 9.92. The second-order valence-corrected chi connectivity index (χ2v) is 7.60. The molecule has 1 aliphatic heterocycles. The fourth-order valence-electron chi connectivity index (χ4n) is 4.16. The summed E-state index contributed by atoms with van der Waals surface area (Å²) in [7, 11) is 0. The third-order valence-corrected chi connectivity index (χ3v) is 5.79. The summed E-state index contributed by atoms with van der Waals surface area (Å²) in [6.45, 7) is 2.35. The van der Waals surface area contributed by atoms with Crippen molar-refractivity contribution >= 4 is 17.5 Å². The van der Waals surface area contributed by atoms with Crippen LogP contribution in [0.4, 0.5) is 0 Å². The number of carbonyl (C=O) groups is 2. The topological polar surface area (TPSA) is 70.6 Å². The maximum atomic E-state index is 12.7. The van der Waals surface area contributed by atoms with E-state index in [0.29, 0.717) is 6.54 Å². The van der Waals surface area contributed by atoms with Gasteiger partial charge in [0.05, 0.1) is 5.71 Å². The van der Waals surface area contributed by atoms with Crippen molar-refractivity contribution in [2.75, 3.05) is 6.54 Å². The summed E-state index contributed by atoms with van der Waals surface area (Å²) in [6, 6.07) is 16.1. The Kier molecular flexibility index (Phi) is 5.24. The van der Waals surface area contributed by atoms with Crippen molar-refractivity contribution in [1.29, 1.82) is 0 Å². The maximum absolute atomic E-state index is 12.7. The predicted molar refractivity (Wildman–Crippen MR) is 109 cm³/mol. The zero-order valence-electron chi connectivity index (χ0n) is 16.1. The Morgan fingerprint density at radius 1 is 1.07 bits per heavy atom. The summed E-state index contributed by atoms with van der Waals surface area (Å²) < 4.78 is 0. The molecule has 1 heterocycles. The van der Waals surface area contributed by atoms with Gasteiger partial charge in [-0.3, -0.25) is 9.59 Å². The number of hydrazone groups is 1. The molecule has 0 saturated carbocycles. The lowest BCUT2D eigenvalue weighted by atomic mass is 9.88. The van der Waals surface area contributed by atoms with E-state index in [1.54, 1.807) is 0 Å². The van der Waals surface area contributed by atoms with Crippen LogP contribution in [0.25, 0.3) is 0 Å². The molecule has 5 heteroatoms. The van der Waals surface area contributed by atoms with E-state index < -0.39 is 5.92 Å². The molecule has 5 nitrogen and oxygen atoms in total. The first-order chi connectivity index (χ1) is 13.6. The van der Waals surface area contributed by atoms with E-state index in [0.717, 1.165) is 29.7 Å². The van der Waals surface area contributed by atoms with Crippen LogP contribution in [0, 0.1) is 5.92 Å². The smallest absolute Gasteiger partial charge is 0.253 e. The highest BCUT2D eigenvalue weighted by atomic mass is 16.2. The Balaban J connectivity index is 1.48. The first-order valence-corrected chi connectivity index (χ1v) is 9.92. The number of hydrogen-bond acceptors (Lipinski definition) is 3. The van der Waals surface area contributed by atoms with Gasteiger partial charge in [-0.15, -0.1) is 0 Å². The van der Waals surface area contributed by atoms with Crippen LogP contribution in [0.15, 0.2) is 53.6 Å². The molecule has 0 aromatic heterocycles. The van der Waals surface area contributed by atoms with Crippen LogP contribution in [-0.4, -0.2) is 24.1 Å². The monoisotopic (exact) mass is 375 g/mol. The molecule has 2 aromatic rings. The summed E-state index contributed by atoms with van der Waals surface area (Å²) >= 11 is 0. The van der Waals surface area contributed by atoms with Gasteiger partial charge in [0.1, 0.15) is 5.92 Å². The molecule has 2 N–H and O–H groups in total. The Bertz CT molecular complexity index is 921. The van der Waals surface area contributed by atoms with E-state index in [4.69, 9.17) is 0 Å². The van der Waals surface area contributed by atoms with Crippen molar-refractivity contribution in [3.8, 4) is 0 Å². The molecule has 4 rings (SSSR count). The molecule has 2 aromatic carbocycles. The zero-order valence-corrected chi connectivity index (χ0v) is 16.1. The van der Waals surface area contributed by atoms with Gasteiger partial charge < -0.3 is 5.32 Å². The number of nitrogens with zero attached hydrogens (tertiary/aromatic N) is 1. The molecule has 0 radical (unpaired) electrons. The van der Waals surface area contributed by atoms with Crippen molar-refractivity contribution in [1.82, 2.24) is 10.7 Å². The molecular weight excluding hydrogens is 350 g/mol. The molecule has 1 fully saturated rings. The van der Waals surface area contributed by atoms with E-state index in [-0.39, 0.29) is 17.7 Å². The Hall–Kier alpha value is -2.95. The van der Waals surface area contributed by atoms with Gasteiger partial charge in [0.15, 0.2) is 0 Å². The molecular formula is C23H25N3O2. The number of hydrogen-bond donors (Lipinski definition) is 2. The van der Waals surface area contributed by atoms with Crippen LogP contribution in [0.5, 0.6) is 0 Å². The normalized spacial score (nSPS) is 21.8. The lowest BCUT2D eigenvalue weighted by Gasteiger charge is -2.17. The minimum Gasteiger partial charge on any atom is -0.355 e. The van der Waals surface area contributed by atoms with Gasteiger partial charge in [0.2, 0.25) is 5.91 Å². The van der Waals surface area contributed by atoms with Crippen LogP contribution in [0.3, 0.4) is 0 Å². The van der Waals surface area contributed by atoms with Gasteiger partial charge in [0.25, 0.3) is 5.91 Å². The van der Waals surface area contributed by atoms with Gasteiger partial charge in [-0.2, -0.15) is 5.10 Å². The van der Waals surface area contributed by atoms with Crippen LogP contribution < -0.4 is 10.7 Å². The molecule has 1 saturated heterocycles. The number of fused-ring (bicyclic) bond motifs is 1. The third-order valence-electron chi connectivity index (χ3n) is 5.79. The third kappa shape index (κ3) is 3.70. The van der Waals surface area contributed by atoms with Crippen molar-refractivity contribution in [3.63, 3.8) is 0 Å². The summed E-state index contributed by atoms with van der Waals surface area (Å²) in [6.07, 6.45) is 4.71. The number of aryl methyl sites for hydroxylation is 2. The van der Waals surface area contributed by atoms with Crippen LogP contribution in [0.1, 0.15) is 47.9 Å². The van der Waals surface area contributed by atoms with Crippen molar-refractivity contribution < 1.29 is 9.59 Å². The maximum Gasteiger partial charge on any atom is 0.253 e. The van der Waals surface area contributed by atoms with E-state index >= 15 is 0 Å². The quantitative estimate of drug-likeness (QED) is 0.490. The van der Waals surface area contributed by atoms with E-state index in [2.05, 4.69) is 34.0 Å². The highest BCUT2D eigenvalue weighted by Crippen LogP contribution is 2.29. The number of nitrogens with one attached hydrogen (secondary N) is 2. The summed E-state index contributed by atoms with van der Waals surface area (Å²) in [5, 5.41) is 7.09. The molecule has 28 heavy (non-hydrogen) atoms. The van der Waals surface area contributed by atoms with Gasteiger partial charge in [-0.1, -0.05) is 42.5 Å². The van der Waals surface area contributed by atoms with Crippen LogP contribution >= 0.6 is 0 Å². The second-order valence-electron chi connectivity index (χ2n) is 7.60. The highest BCUT2D eigenvalue weighted by molar-refractivity contribution is 6.04. The molecule has 144 valence electrons. The molecule has 2 aliphatic rings. The van der Waals surface area contributed by atoms with Gasteiger partial charge in [-0.05, 0) is 60.9 Å². The molecule has 0 bridgehead atoms. The Morgan fingerprint density at radius 3 is 2.61 bits per heavy atom. The molecule has 2 amide bonds. The predicted octanol–water partition coefficient (Wildman–Crippen LogP) is 2.94. The second kappa shape index (κ2) is 7.97. The SMILES string of the molecule is C/C(=N\NC(=O)[C@@H]1C(=O)NC[C@H]1c1ccccc1)c1ccc2c(c1)CCCC2. The van der Waals surface area contributed by atoms with Crippen LogP contribution in [0.2, 0.25) is 0 Å². The lowest BCUT2D eigenvalue weighted by molar-refractivity contribution is -0.133. The summed E-state index contributed by atoms with van der Waals surface area (Å²) in [4.78, 5) is 25.0. The minimum absolute atomic E-state index is 0.173. The lowest BCUT2D eigenvalue weighted by Crippen LogP contribution is -2.35. The molecule has 1 aliphatic carbocycles. The van der Waals surface area contributed by atoms with Gasteiger partial charge in [-0.25, -0.2) is 5.43 Å². The largest absolute Gasteiger partial charge is 0.355 e.